The predicted molar refractivity (Wildman–Crippen MR) is 91.7 cm³/mol. The molecular weight excluding hydrogens is 336 g/mol. The van der Waals surface area contributed by atoms with Gasteiger partial charge in [0.05, 0.1) is 22.5 Å². The fourth-order valence-corrected chi connectivity index (χ4v) is 3.67. The molecule has 2 aromatic rings. The van der Waals surface area contributed by atoms with Crippen molar-refractivity contribution in [2.75, 3.05) is 29.0 Å². The summed E-state index contributed by atoms with van der Waals surface area (Å²) in [6, 6.07) is 14.4. The summed E-state index contributed by atoms with van der Waals surface area (Å²) in [6.45, 7) is 0. The number of nitrogens with zero attached hydrogens (tertiary/aromatic N) is 2. The normalized spacial score (nSPS) is 12.0. The van der Waals surface area contributed by atoms with Gasteiger partial charge in [-0.2, -0.15) is 0 Å². The van der Waals surface area contributed by atoms with E-state index >= 15 is 0 Å². The Kier molecular flexibility index (Phi) is 4.67. The molecule has 0 aliphatic carbocycles. The lowest BCUT2D eigenvalue weighted by molar-refractivity contribution is 0.594. The molecule has 0 aromatic heterocycles. The fraction of sp³-hybridized carbons (Fsp3) is 0.200. The van der Waals surface area contributed by atoms with Gasteiger partial charge in [-0.3, -0.25) is 8.61 Å². The Morgan fingerprint density at radius 3 is 1.57 bits per heavy atom. The van der Waals surface area contributed by atoms with Crippen LogP contribution in [0.2, 0.25) is 0 Å². The molecule has 0 aliphatic heterocycles. The van der Waals surface area contributed by atoms with Crippen LogP contribution < -0.4 is 8.61 Å². The minimum atomic E-state index is -3.65. The quantitative estimate of drug-likeness (QED) is 0.822. The second-order valence-electron chi connectivity index (χ2n) is 5.03. The standard InChI is InChI=1S/C15H18N2O4S2/c1-16(22(3,18)19)13-9-11-14(12-10-13)17(2)23(20,21)15-7-5-4-6-8-15/h4-12H,1-3H3. The van der Waals surface area contributed by atoms with Crippen molar-refractivity contribution in [2.45, 2.75) is 4.90 Å². The Labute approximate surface area is 137 Å². The Bertz CT molecular complexity index is 877. The molecular formula is C15H18N2O4S2. The van der Waals surface area contributed by atoms with E-state index in [1.54, 1.807) is 42.5 Å². The zero-order chi connectivity index (χ0) is 17.3. The first-order valence-corrected chi connectivity index (χ1v) is 10.0. The molecule has 0 spiro atoms. The summed E-state index contributed by atoms with van der Waals surface area (Å²) in [6.07, 6.45) is 1.10. The average molecular weight is 354 g/mol. The molecule has 23 heavy (non-hydrogen) atoms. The third-order valence-corrected chi connectivity index (χ3v) is 6.48. The van der Waals surface area contributed by atoms with Crippen LogP contribution in [0.5, 0.6) is 0 Å². The number of rotatable bonds is 5. The maximum Gasteiger partial charge on any atom is 0.264 e. The average Bonchev–Trinajstić information content (AvgIpc) is 2.53. The van der Waals surface area contributed by atoms with Gasteiger partial charge in [0.1, 0.15) is 0 Å². The van der Waals surface area contributed by atoms with E-state index < -0.39 is 20.0 Å². The zero-order valence-electron chi connectivity index (χ0n) is 13.0. The summed E-state index contributed by atoms with van der Waals surface area (Å²) in [5.41, 5.74) is 0.904. The van der Waals surface area contributed by atoms with E-state index in [1.165, 1.54) is 26.2 Å². The number of anilines is 2. The van der Waals surface area contributed by atoms with Crippen LogP contribution in [0.25, 0.3) is 0 Å². The van der Waals surface area contributed by atoms with Gasteiger partial charge in [-0.25, -0.2) is 16.8 Å². The molecule has 6 nitrogen and oxygen atoms in total. The maximum absolute atomic E-state index is 12.5. The Balaban J connectivity index is 2.33. The smallest absolute Gasteiger partial charge is 0.264 e. The second kappa shape index (κ2) is 6.21. The Morgan fingerprint density at radius 1 is 0.696 bits per heavy atom. The lowest BCUT2D eigenvalue weighted by Gasteiger charge is -2.21. The molecule has 0 unspecified atom stereocenters. The molecule has 2 aromatic carbocycles. The highest BCUT2D eigenvalue weighted by molar-refractivity contribution is 7.92. The van der Waals surface area contributed by atoms with Crippen LogP contribution in [0.1, 0.15) is 0 Å². The molecule has 0 atom stereocenters. The van der Waals surface area contributed by atoms with E-state index in [1.807, 2.05) is 0 Å². The first-order chi connectivity index (χ1) is 10.6. The van der Waals surface area contributed by atoms with E-state index in [4.69, 9.17) is 0 Å². The highest BCUT2D eigenvalue weighted by Gasteiger charge is 2.21. The van der Waals surface area contributed by atoms with Crippen molar-refractivity contribution in [3.8, 4) is 0 Å². The van der Waals surface area contributed by atoms with Gasteiger partial charge in [0.25, 0.3) is 10.0 Å². The lowest BCUT2D eigenvalue weighted by atomic mass is 10.3. The van der Waals surface area contributed by atoms with E-state index in [-0.39, 0.29) is 4.90 Å². The zero-order valence-corrected chi connectivity index (χ0v) is 14.7. The molecule has 0 saturated carbocycles. The summed E-state index contributed by atoms with van der Waals surface area (Å²) in [5, 5.41) is 0. The van der Waals surface area contributed by atoms with Crippen molar-refractivity contribution in [3.63, 3.8) is 0 Å². The molecule has 0 bridgehead atoms. The molecule has 0 fully saturated rings. The molecule has 0 N–H and O–H groups in total. The topological polar surface area (TPSA) is 74.8 Å². The van der Waals surface area contributed by atoms with E-state index in [0.29, 0.717) is 11.4 Å². The first-order valence-electron chi connectivity index (χ1n) is 6.72. The largest absolute Gasteiger partial charge is 0.274 e. The van der Waals surface area contributed by atoms with Crippen LogP contribution in [0.3, 0.4) is 0 Å². The number of sulfonamides is 2. The van der Waals surface area contributed by atoms with Crippen LogP contribution in [0.15, 0.2) is 59.5 Å². The van der Waals surface area contributed by atoms with Crippen molar-refractivity contribution in [1.82, 2.24) is 0 Å². The summed E-state index contributed by atoms with van der Waals surface area (Å²) < 4.78 is 50.4. The minimum absolute atomic E-state index is 0.194. The van der Waals surface area contributed by atoms with Gasteiger partial charge in [-0.05, 0) is 36.4 Å². The summed E-state index contributed by atoms with van der Waals surface area (Å²) in [4.78, 5) is 0.194. The highest BCUT2D eigenvalue weighted by Crippen LogP contribution is 2.25. The first kappa shape index (κ1) is 17.3. The summed E-state index contributed by atoms with van der Waals surface area (Å²) >= 11 is 0. The van der Waals surface area contributed by atoms with Crippen LogP contribution in [0.4, 0.5) is 11.4 Å². The van der Waals surface area contributed by atoms with Crippen molar-refractivity contribution in [1.29, 1.82) is 0 Å². The van der Waals surface area contributed by atoms with Crippen LogP contribution in [0, 0.1) is 0 Å². The van der Waals surface area contributed by atoms with Crippen molar-refractivity contribution >= 4 is 31.4 Å². The minimum Gasteiger partial charge on any atom is -0.274 e. The lowest BCUT2D eigenvalue weighted by Crippen LogP contribution is -2.27. The van der Waals surface area contributed by atoms with Crippen molar-refractivity contribution in [2.24, 2.45) is 0 Å². The van der Waals surface area contributed by atoms with Crippen LogP contribution >= 0.6 is 0 Å². The molecule has 0 aliphatic rings. The molecule has 0 amide bonds. The molecule has 0 heterocycles. The fourth-order valence-electron chi connectivity index (χ4n) is 1.95. The van der Waals surface area contributed by atoms with E-state index in [2.05, 4.69) is 0 Å². The van der Waals surface area contributed by atoms with Gasteiger partial charge < -0.3 is 0 Å². The van der Waals surface area contributed by atoms with E-state index in [9.17, 15) is 16.8 Å². The predicted octanol–water partition coefficient (Wildman–Crippen LogP) is 1.91. The second-order valence-corrected chi connectivity index (χ2v) is 9.02. The van der Waals surface area contributed by atoms with Crippen molar-refractivity contribution < 1.29 is 16.8 Å². The van der Waals surface area contributed by atoms with Gasteiger partial charge >= 0.3 is 0 Å². The van der Waals surface area contributed by atoms with Gasteiger partial charge in [-0.1, -0.05) is 18.2 Å². The molecule has 8 heteroatoms. The van der Waals surface area contributed by atoms with Crippen LogP contribution in [-0.2, 0) is 20.0 Å². The van der Waals surface area contributed by atoms with Gasteiger partial charge in [0.15, 0.2) is 0 Å². The van der Waals surface area contributed by atoms with Crippen molar-refractivity contribution in [3.05, 3.63) is 54.6 Å². The SMILES string of the molecule is CN(c1ccc(N(C)S(=O)(=O)c2ccccc2)cc1)S(C)(=O)=O. The summed E-state index contributed by atoms with van der Waals surface area (Å²) in [7, 11) is -4.12. The molecule has 0 saturated heterocycles. The monoisotopic (exact) mass is 354 g/mol. The summed E-state index contributed by atoms with van der Waals surface area (Å²) in [5.74, 6) is 0. The Morgan fingerprint density at radius 2 is 1.13 bits per heavy atom. The number of hydrogen-bond donors (Lipinski definition) is 0. The van der Waals surface area contributed by atoms with Gasteiger partial charge in [-0.15, -0.1) is 0 Å². The third kappa shape index (κ3) is 3.65. The Hall–Kier alpha value is -2.06. The molecule has 0 radical (unpaired) electrons. The van der Waals surface area contributed by atoms with Gasteiger partial charge in [0, 0.05) is 14.1 Å². The third-order valence-electron chi connectivity index (χ3n) is 3.48. The number of hydrogen-bond acceptors (Lipinski definition) is 4. The van der Waals surface area contributed by atoms with E-state index in [0.717, 1.165) is 14.9 Å². The highest BCUT2D eigenvalue weighted by atomic mass is 32.2. The molecule has 124 valence electrons. The maximum atomic E-state index is 12.5. The van der Waals surface area contributed by atoms with Crippen LogP contribution in [-0.4, -0.2) is 37.2 Å². The molecule has 2 rings (SSSR count). The van der Waals surface area contributed by atoms with Gasteiger partial charge in [0.2, 0.25) is 10.0 Å². The number of benzene rings is 2.